The van der Waals surface area contributed by atoms with Gasteiger partial charge in [0.2, 0.25) is 0 Å². The number of halogens is 4. The van der Waals surface area contributed by atoms with Crippen LogP contribution in [0.15, 0.2) is 42.5 Å². The first-order valence-electron chi connectivity index (χ1n) is 13.5. The van der Waals surface area contributed by atoms with E-state index in [2.05, 4.69) is 15.3 Å². The number of hydrogen-bond donors (Lipinski definition) is 2. The molecule has 0 radical (unpaired) electrons. The maximum atomic E-state index is 16.6. The van der Waals surface area contributed by atoms with Gasteiger partial charge in [-0.2, -0.15) is 23.1 Å². The Labute approximate surface area is 235 Å². The van der Waals surface area contributed by atoms with Crippen LogP contribution in [0.4, 0.5) is 23.4 Å². The largest absolute Gasteiger partial charge is 0.508 e. The van der Waals surface area contributed by atoms with E-state index in [0.717, 1.165) is 18.7 Å². The number of piperazine rings is 1. The normalized spacial score (nSPS) is 18.0. The molecular formula is C30H33F4N5O2. The molecule has 1 aliphatic heterocycles. The molecule has 7 nitrogen and oxygen atoms in total. The molecule has 218 valence electrons. The molecule has 4 aromatic rings. The van der Waals surface area contributed by atoms with Crippen molar-refractivity contribution < 1.29 is 27.4 Å². The Morgan fingerprint density at radius 3 is 2.59 bits per heavy atom. The highest BCUT2D eigenvalue weighted by atomic mass is 19.4. The van der Waals surface area contributed by atoms with E-state index in [1.54, 1.807) is 24.3 Å². The van der Waals surface area contributed by atoms with Gasteiger partial charge < -0.3 is 25.0 Å². The standard InChI is InChI=1S/C30H33F4N5O2/c1-17-16-39(18(2)15-35-17)28-23-14-24(30(32,33)34)25(22-13-20(40)12-19-8-5-6-9-21(19)22)26(31)27(23)36-29(37-28)41-11-7-10-38(3)4/h5-6,8-9,12-14,17-18,35,40H,7,10-11,15-16H2,1-4H3/t17-,18+/m1/s1. The molecule has 3 aromatic carbocycles. The molecule has 0 bridgehead atoms. The number of phenolic OH excluding ortho intramolecular Hbond substituents is 1. The Kier molecular flexibility index (Phi) is 7.93. The summed E-state index contributed by atoms with van der Waals surface area (Å²) in [6, 6.07) is 9.92. The van der Waals surface area contributed by atoms with Gasteiger partial charge in [-0.1, -0.05) is 24.3 Å². The van der Waals surface area contributed by atoms with Gasteiger partial charge >= 0.3 is 12.2 Å². The van der Waals surface area contributed by atoms with Gasteiger partial charge in [-0.25, -0.2) is 4.39 Å². The summed E-state index contributed by atoms with van der Waals surface area (Å²) in [4.78, 5) is 12.7. The van der Waals surface area contributed by atoms with E-state index in [1.165, 1.54) is 6.07 Å². The fourth-order valence-corrected chi connectivity index (χ4v) is 5.32. The zero-order valence-electron chi connectivity index (χ0n) is 23.4. The topological polar surface area (TPSA) is 73.8 Å². The fraction of sp³-hybridized carbons (Fsp3) is 0.400. The summed E-state index contributed by atoms with van der Waals surface area (Å²) in [5.41, 5.74) is -2.20. The van der Waals surface area contributed by atoms with Crippen molar-refractivity contribution in [3.63, 3.8) is 0 Å². The Hall–Kier alpha value is -3.70. The minimum Gasteiger partial charge on any atom is -0.508 e. The molecule has 1 fully saturated rings. The molecule has 1 aromatic heterocycles. The highest BCUT2D eigenvalue weighted by molar-refractivity contribution is 6.02. The van der Waals surface area contributed by atoms with Crippen LogP contribution in [0, 0.1) is 5.82 Å². The first kappa shape index (κ1) is 28.8. The first-order valence-corrected chi connectivity index (χ1v) is 13.5. The maximum absolute atomic E-state index is 16.6. The molecule has 1 saturated heterocycles. The number of nitrogens with zero attached hydrogens (tertiary/aromatic N) is 4. The molecule has 1 aliphatic rings. The summed E-state index contributed by atoms with van der Waals surface area (Å²) in [7, 11) is 3.86. The number of aromatic nitrogens is 2. The first-order chi connectivity index (χ1) is 19.4. The number of aromatic hydroxyl groups is 1. The maximum Gasteiger partial charge on any atom is 0.417 e. The molecule has 2 N–H and O–H groups in total. The summed E-state index contributed by atoms with van der Waals surface area (Å²) < 4.78 is 66.5. The van der Waals surface area contributed by atoms with E-state index >= 15 is 4.39 Å². The zero-order valence-corrected chi connectivity index (χ0v) is 23.4. The van der Waals surface area contributed by atoms with Gasteiger partial charge in [0.05, 0.1) is 12.2 Å². The van der Waals surface area contributed by atoms with Crippen molar-refractivity contribution in [2.45, 2.75) is 38.5 Å². The minimum atomic E-state index is -4.90. The number of fused-ring (bicyclic) bond motifs is 2. The number of hydrogen-bond acceptors (Lipinski definition) is 7. The zero-order chi connectivity index (χ0) is 29.5. The third-order valence-corrected chi connectivity index (χ3v) is 7.33. The fourth-order valence-electron chi connectivity index (χ4n) is 5.32. The van der Waals surface area contributed by atoms with E-state index in [1.807, 2.05) is 37.7 Å². The average Bonchev–Trinajstić information content (AvgIpc) is 2.91. The third kappa shape index (κ3) is 5.87. The van der Waals surface area contributed by atoms with E-state index in [-0.39, 0.29) is 52.7 Å². The van der Waals surface area contributed by atoms with Crippen LogP contribution in [-0.4, -0.2) is 72.4 Å². The van der Waals surface area contributed by atoms with Crippen LogP contribution in [-0.2, 0) is 6.18 Å². The predicted molar refractivity (Wildman–Crippen MR) is 152 cm³/mol. The van der Waals surface area contributed by atoms with Gasteiger partial charge in [0.1, 0.15) is 17.1 Å². The third-order valence-electron chi connectivity index (χ3n) is 7.33. The highest BCUT2D eigenvalue weighted by Crippen LogP contribution is 2.46. The second-order valence-electron chi connectivity index (χ2n) is 10.9. The lowest BCUT2D eigenvalue weighted by atomic mass is 9.92. The molecule has 2 atom stereocenters. The predicted octanol–water partition coefficient (Wildman–Crippen LogP) is 5.83. The molecule has 0 saturated carbocycles. The smallest absolute Gasteiger partial charge is 0.417 e. The van der Waals surface area contributed by atoms with E-state index in [4.69, 9.17) is 4.74 Å². The number of anilines is 1. The number of alkyl halides is 3. The molecule has 2 heterocycles. The monoisotopic (exact) mass is 571 g/mol. The molecule has 0 amide bonds. The minimum absolute atomic E-state index is 0.0329. The Morgan fingerprint density at radius 2 is 1.85 bits per heavy atom. The van der Waals surface area contributed by atoms with Crippen LogP contribution in [0.1, 0.15) is 25.8 Å². The second-order valence-corrected chi connectivity index (χ2v) is 10.9. The summed E-state index contributed by atoms with van der Waals surface area (Å²) in [5, 5.41) is 14.5. The van der Waals surface area contributed by atoms with E-state index in [0.29, 0.717) is 30.3 Å². The number of rotatable bonds is 7. The van der Waals surface area contributed by atoms with Gasteiger partial charge in [-0.15, -0.1) is 0 Å². The van der Waals surface area contributed by atoms with Crippen LogP contribution in [0.3, 0.4) is 0 Å². The van der Waals surface area contributed by atoms with Crippen molar-refractivity contribution in [1.82, 2.24) is 20.2 Å². The van der Waals surface area contributed by atoms with Crippen LogP contribution in [0.2, 0.25) is 0 Å². The van der Waals surface area contributed by atoms with Crippen molar-refractivity contribution in [2.75, 3.05) is 45.2 Å². The van der Waals surface area contributed by atoms with E-state index in [9.17, 15) is 18.3 Å². The van der Waals surface area contributed by atoms with E-state index < -0.39 is 23.1 Å². The lowest BCUT2D eigenvalue weighted by molar-refractivity contribution is -0.137. The Bertz CT molecular complexity index is 1580. The van der Waals surface area contributed by atoms with Crippen LogP contribution >= 0.6 is 0 Å². The highest BCUT2D eigenvalue weighted by Gasteiger charge is 2.38. The number of ether oxygens (including phenoxy) is 1. The second kappa shape index (κ2) is 11.3. The quantitative estimate of drug-likeness (QED) is 0.214. The van der Waals surface area contributed by atoms with Crippen LogP contribution in [0.25, 0.3) is 32.8 Å². The Morgan fingerprint density at radius 1 is 1.10 bits per heavy atom. The number of phenols is 1. The molecule has 0 unspecified atom stereocenters. The SMILES string of the molecule is C[C@@H]1CN(c2nc(OCCCN(C)C)nc3c(F)c(-c4cc(O)cc5ccccc45)c(C(F)(F)F)cc23)[C@@H](C)CN1. The van der Waals surface area contributed by atoms with Gasteiger partial charge in [0.25, 0.3) is 0 Å². The summed E-state index contributed by atoms with van der Waals surface area (Å²) in [6.07, 6.45) is -4.25. The van der Waals surface area contributed by atoms with Gasteiger partial charge in [-0.3, -0.25) is 0 Å². The van der Waals surface area contributed by atoms with Gasteiger partial charge in [0.15, 0.2) is 5.82 Å². The average molecular weight is 572 g/mol. The number of nitrogens with one attached hydrogen (secondary N) is 1. The van der Waals surface area contributed by atoms with Crippen molar-refractivity contribution >= 4 is 27.5 Å². The summed E-state index contributed by atoms with van der Waals surface area (Å²) >= 11 is 0. The number of benzene rings is 3. The summed E-state index contributed by atoms with van der Waals surface area (Å²) in [5.74, 6) is -1.23. The molecular weight excluding hydrogens is 538 g/mol. The van der Waals surface area contributed by atoms with Crippen LogP contribution in [0.5, 0.6) is 11.8 Å². The lowest BCUT2D eigenvalue weighted by Crippen LogP contribution is -2.54. The van der Waals surface area contributed by atoms with Gasteiger partial charge in [0, 0.05) is 42.7 Å². The van der Waals surface area contributed by atoms with Crippen molar-refractivity contribution in [3.05, 3.63) is 53.8 Å². The van der Waals surface area contributed by atoms with Crippen LogP contribution < -0.4 is 15.0 Å². The molecule has 0 aliphatic carbocycles. The van der Waals surface area contributed by atoms with Gasteiger partial charge in [-0.05, 0) is 68.9 Å². The van der Waals surface area contributed by atoms with Crippen molar-refractivity contribution in [3.8, 4) is 22.9 Å². The Balaban J connectivity index is 1.79. The molecule has 41 heavy (non-hydrogen) atoms. The summed E-state index contributed by atoms with van der Waals surface area (Å²) in [6.45, 7) is 5.92. The molecule has 0 spiro atoms. The molecule has 5 rings (SSSR count). The van der Waals surface area contributed by atoms with Crippen molar-refractivity contribution in [2.24, 2.45) is 0 Å². The molecule has 11 heteroatoms. The lowest BCUT2D eigenvalue weighted by Gasteiger charge is -2.39. The van der Waals surface area contributed by atoms with Crippen molar-refractivity contribution in [1.29, 1.82) is 0 Å².